The minimum Gasteiger partial charge on any atom is -0.390 e. The molecule has 0 bridgehead atoms. The Morgan fingerprint density at radius 3 is 1.24 bits per heavy atom. The van der Waals surface area contributed by atoms with Crippen molar-refractivity contribution < 1.29 is 5.11 Å². The van der Waals surface area contributed by atoms with Gasteiger partial charge in [-0.2, -0.15) is 0 Å². The molecule has 3 rings (SSSR count). The van der Waals surface area contributed by atoms with Crippen molar-refractivity contribution in [1.82, 2.24) is 0 Å². The van der Waals surface area contributed by atoms with Crippen molar-refractivity contribution in [2.24, 2.45) is 0 Å². The van der Waals surface area contributed by atoms with Crippen LogP contribution in [0.25, 0.3) is 0 Å². The zero-order valence-electron chi connectivity index (χ0n) is 15.0. The summed E-state index contributed by atoms with van der Waals surface area (Å²) in [7, 11) is -1.81. The molecule has 0 unspecified atom stereocenters. The summed E-state index contributed by atoms with van der Waals surface area (Å²) < 4.78 is 0. The van der Waals surface area contributed by atoms with E-state index >= 15 is 0 Å². The topological polar surface area (TPSA) is 20.2 Å². The minimum absolute atomic E-state index is 0.677. The molecular weight excluding hydrogens is 323 g/mol. The zero-order valence-corrected chi connectivity index (χ0v) is 15.9. The molecule has 0 aliphatic heterocycles. The van der Waals surface area contributed by atoms with Crippen LogP contribution in [0.4, 0.5) is 0 Å². The largest absolute Gasteiger partial charge is 0.390 e. The molecule has 0 saturated carbocycles. The van der Waals surface area contributed by atoms with E-state index in [-0.39, 0.29) is 0 Å². The highest BCUT2D eigenvalue weighted by Gasteiger charge is 2.45. The monoisotopic (exact) mass is 349 g/mol. The molecule has 25 heavy (non-hydrogen) atoms. The maximum Gasteiger partial charge on any atom is 0.112 e. The molecule has 0 heterocycles. The molecule has 1 N–H and O–H groups in total. The highest BCUT2D eigenvalue weighted by Crippen LogP contribution is 2.56. The van der Waals surface area contributed by atoms with Crippen molar-refractivity contribution in [3.8, 4) is 0 Å². The SMILES string of the molecule is CC(C)(O)CC[P+](c1ccccc1)(c1ccccc1)c1ccccc1. The fourth-order valence-electron chi connectivity index (χ4n) is 3.32. The van der Waals surface area contributed by atoms with Gasteiger partial charge < -0.3 is 5.11 Å². The second-order valence-corrected chi connectivity index (χ2v) is 10.7. The summed E-state index contributed by atoms with van der Waals surface area (Å²) in [6.07, 6.45) is 1.72. The first kappa shape index (κ1) is 17.9. The average Bonchev–Trinajstić information content (AvgIpc) is 2.64. The lowest BCUT2D eigenvalue weighted by Crippen LogP contribution is -2.35. The summed E-state index contributed by atoms with van der Waals surface area (Å²) in [4.78, 5) is 0. The van der Waals surface area contributed by atoms with Gasteiger partial charge in [-0.1, -0.05) is 54.6 Å². The molecule has 0 aromatic heterocycles. The zero-order chi connectivity index (χ0) is 17.8. The summed E-state index contributed by atoms with van der Waals surface area (Å²) in [5, 5.41) is 14.6. The Hall–Kier alpha value is -1.95. The highest BCUT2D eigenvalue weighted by molar-refractivity contribution is 7.95. The Morgan fingerprint density at radius 2 is 0.960 bits per heavy atom. The molecule has 2 heteroatoms. The van der Waals surface area contributed by atoms with Crippen molar-refractivity contribution in [2.75, 3.05) is 6.16 Å². The van der Waals surface area contributed by atoms with Gasteiger partial charge in [-0.05, 0) is 50.2 Å². The van der Waals surface area contributed by atoms with Crippen LogP contribution in [0, 0.1) is 0 Å². The maximum absolute atomic E-state index is 10.4. The van der Waals surface area contributed by atoms with Gasteiger partial charge in [-0.25, -0.2) is 0 Å². The summed E-state index contributed by atoms with van der Waals surface area (Å²) >= 11 is 0. The third-order valence-corrected chi connectivity index (χ3v) is 9.08. The van der Waals surface area contributed by atoms with Crippen LogP contribution in [0.3, 0.4) is 0 Å². The van der Waals surface area contributed by atoms with Gasteiger partial charge >= 0.3 is 0 Å². The van der Waals surface area contributed by atoms with Gasteiger partial charge in [0.15, 0.2) is 0 Å². The minimum atomic E-state index is -1.81. The second kappa shape index (κ2) is 7.52. The van der Waals surface area contributed by atoms with Crippen LogP contribution >= 0.6 is 7.26 Å². The van der Waals surface area contributed by atoms with E-state index in [1.54, 1.807) is 0 Å². The van der Waals surface area contributed by atoms with E-state index in [1.165, 1.54) is 15.9 Å². The highest BCUT2D eigenvalue weighted by atomic mass is 31.2. The summed E-state index contributed by atoms with van der Waals surface area (Å²) in [5.74, 6) is 0. The predicted molar refractivity (Wildman–Crippen MR) is 111 cm³/mol. The quantitative estimate of drug-likeness (QED) is 0.663. The molecule has 0 saturated heterocycles. The van der Waals surface area contributed by atoms with Crippen molar-refractivity contribution in [3.05, 3.63) is 91.0 Å². The smallest absolute Gasteiger partial charge is 0.112 e. The van der Waals surface area contributed by atoms with E-state index in [4.69, 9.17) is 0 Å². The summed E-state index contributed by atoms with van der Waals surface area (Å²) in [6.45, 7) is 3.81. The molecule has 0 spiro atoms. The van der Waals surface area contributed by atoms with Gasteiger partial charge in [-0.15, -0.1) is 0 Å². The average molecular weight is 349 g/mol. The van der Waals surface area contributed by atoms with Crippen LogP contribution in [0.1, 0.15) is 20.3 Å². The molecule has 0 radical (unpaired) electrons. The normalized spacial score (nSPS) is 12.1. The number of hydrogen-bond acceptors (Lipinski definition) is 1. The van der Waals surface area contributed by atoms with Gasteiger partial charge in [-0.3, -0.25) is 0 Å². The first-order valence-electron chi connectivity index (χ1n) is 8.80. The lowest BCUT2D eigenvalue weighted by atomic mass is 10.1. The van der Waals surface area contributed by atoms with E-state index in [2.05, 4.69) is 91.0 Å². The first-order valence-corrected chi connectivity index (χ1v) is 10.8. The molecule has 0 aliphatic rings. The van der Waals surface area contributed by atoms with Gasteiger partial charge in [0.1, 0.15) is 23.2 Å². The van der Waals surface area contributed by atoms with Crippen molar-refractivity contribution in [1.29, 1.82) is 0 Å². The van der Waals surface area contributed by atoms with E-state index in [0.717, 1.165) is 12.6 Å². The van der Waals surface area contributed by atoms with E-state index < -0.39 is 12.9 Å². The number of benzene rings is 3. The van der Waals surface area contributed by atoms with E-state index in [1.807, 2.05) is 13.8 Å². The Kier molecular flexibility index (Phi) is 5.37. The van der Waals surface area contributed by atoms with Crippen molar-refractivity contribution in [3.63, 3.8) is 0 Å². The van der Waals surface area contributed by atoms with Crippen molar-refractivity contribution >= 4 is 23.2 Å². The van der Waals surface area contributed by atoms with Crippen LogP contribution in [-0.4, -0.2) is 16.9 Å². The van der Waals surface area contributed by atoms with Gasteiger partial charge in [0.05, 0.1) is 11.8 Å². The molecule has 0 fully saturated rings. The van der Waals surface area contributed by atoms with Crippen LogP contribution in [0.15, 0.2) is 91.0 Å². The maximum atomic E-state index is 10.4. The molecule has 1 nitrogen and oxygen atoms in total. The molecule has 128 valence electrons. The molecule has 3 aromatic carbocycles. The molecule has 0 aliphatic carbocycles. The second-order valence-electron chi connectivity index (χ2n) is 7.10. The molecular formula is C23H26OP+. The lowest BCUT2D eigenvalue weighted by Gasteiger charge is -2.30. The van der Waals surface area contributed by atoms with Crippen LogP contribution < -0.4 is 15.9 Å². The van der Waals surface area contributed by atoms with Gasteiger partial charge in [0.2, 0.25) is 0 Å². The van der Waals surface area contributed by atoms with Crippen LogP contribution in [-0.2, 0) is 0 Å². The number of aliphatic hydroxyl groups is 1. The van der Waals surface area contributed by atoms with Crippen LogP contribution in [0.5, 0.6) is 0 Å². The Labute approximate surface area is 151 Å². The van der Waals surface area contributed by atoms with Gasteiger partial charge in [0.25, 0.3) is 0 Å². The fraction of sp³-hybridized carbons (Fsp3) is 0.217. The Morgan fingerprint density at radius 1 is 0.640 bits per heavy atom. The van der Waals surface area contributed by atoms with E-state index in [0.29, 0.717) is 0 Å². The fourth-order valence-corrected chi connectivity index (χ4v) is 7.92. The van der Waals surface area contributed by atoms with Gasteiger partial charge in [0, 0.05) is 6.42 Å². The van der Waals surface area contributed by atoms with Crippen molar-refractivity contribution in [2.45, 2.75) is 25.9 Å². The standard InChI is InChI=1S/C23H26OP/c1-23(2,24)18-19-25(20-12-6-3-7-13-20,21-14-8-4-9-15-21)22-16-10-5-11-17-22/h3-17,24H,18-19H2,1-2H3/q+1. The number of hydrogen-bond donors (Lipinski definition) is 1. The summed E-state index contributed by atoms with van der Waals surface area (Å²) in [6, 6.07) is 32.5. The van der Waals surface area contributed by atoms with E-state index in [9.17, 15) is 5.11 Å². The first-order chi connectivity index (χ1) is 12.0. The third-order valence-electron chi connectivity index (χ3n) is 4.65. The molecule has 3 aromatic rings. The summed E-state index contributed by atoms with van der Waals surface area (Å²) in [5.41, 5.74) is -0.677. The Bertz CT molecular complexity index is 680. The third kappa shape index (κ3) is 4.00. The molecule has 0 amide bonds. The lowest BCUT2D eigenvalue weighted by molar-refractivity contribution is 0.0775. The number of rotatable bonds is 6. The molecule has 0 atom stereocenters. The Balaban J connectivity index is 2.24. The van der Waals surface area contributed by atoms with Crippen LogP contribution in [0.2, 0.25) is 0 Å². The predicted octanol–water partition coefficient (Wildman–Crippen LogP) is 4.14.